The Morgan fingerprint density at radius 2 is 2.21 bits per heavy atom. The van der Waals surface area contributed by atoms with Crippen LogP contribution in [0.2, 0.25) is 0 Å². The molecule has 1 aromatic rings. The van der Waals surface area contributed by atoms with Crippen molar-refractivity contribution >= 4 is 11.6 Å². The standard InChI is InChI=1S/C11H14N2O/c1-13-10-5-3-2-4-9(10)8(7-12)6-11(13)14/h2-5,8H,6-7,12H2,1H3. The third-order valence-electron chi connectivity index (χ3n) is 2.82. The fraction of sp³-hybridized carbons (Fsp3) is 0.364. The quantitative estimate of drug-likeness (QED) is 0.720. The van der Waals surface area contributed by atoms with E-state index in [0.717, 1.165) is 5.69 Å². The van der Waals surface area contributed by atoms with E-state index in [0.29, 0.717) is 13.0 Å². The van der Waals surface area contributed by atoms with Gasteiger partial charge in [0, 0.05) is 25.1 Å². The number of carbonyl (C=O) groups excluding carboxylic acids is 1. The van der Waals surface area contributed by atoms with Gasteiger partial charge >= 0.3 is 0 Å². The molecule has 1 amide bonds. The number of nitrogens with zero attached hydrogens (tertiary/aromatic N) is 1. The molecule has 0 aliphatic carbocycles. The zero-order valence-corrected chi connectivity index (χ0v) is 8.23. The van der Waals surface area contributed by atoms with Gasteiger partial charge in [0.1, 0.15) is 0 Å². The molecule has 1 aliphatic rings. The number of nitrogens with two attached hydrogens (primary N) is 1. The molecule has 0 fully saturated rings. The molecular formula is C11H14N2O. The van der Waals surface area contributed by atoms with E-state index in [1.807, 2.05) is 25.2 Å². The molecule has 0 spiro atoms. The molecule has 0 radical (unpaired) electrons. The molecule has 1 aliphatic heterocycles. The predicted octanol–water partition coefficient (Wildman–Crippen LogP) is 1.10. The molecule has 1 heterocycles. The van der Waals surface area contributed by atoms with Crippen LogP contribution in [0.25, 0.3) is 0 Å². The smallest absolute Gasteiger partial charge is 0.227 e. The van der Waals surface area contributed by atoms with Crippen molar-refractivity contribution in [1.82, 2.24) is 0 Å². The molecule has 0 saturated heterocycles. The van der Waals surface area contributed by atoms with E-state index in [1.54, 1.807) is 4.90 Å². The van der Waals surface area contributed by atoms with Crippen LogP contribution in [0.5, 0.6) is 0 Å². The van der Waals surface area contributed by atoms with Crippen molar-refractivity contribution in [2.75, 3.05) is 18.5 Å². The minimum Gasteiger partial charge on any atom is -0.330 e. The van der Waals surface area contributed by atoms with E-state index in [4.69, 9.17) is 5.73 Å². The molecule has 1 atom stereocenters. The van der Waals surface area contributed by atoms with Crippen LogP contribution in [0.4, 0.5) is 5.69 Å². The second-order valence-electron chi connectivity index (χ2n) is 3.65. The molecule has 2 rings (SSSR count). The van der Waals surface area contributed by atoms with E-state index in [1.165, 1.54) is 5.56 Å². The average molecular weight is 190 g/mol. The van der Waals surface area contributed by atoms with Gasteiger partial charge in [0.25, 0.3) is 0 Å². The molecule has 3 nitrogen and oxygen atoms in total. The van der Waals surface area contributed by atoms with Gasteiger partial charge in [-0.1, -0.05) is 18.2 Å². The summed E-state index contributed by atoms with van der Waals surface area (Å²) in [7, 11) is 1.81. The van der Waals surface area contributed by atoms with Crippen molar-refractivity contribution in [2.24, 2.45) is 5.73 Å². The first kappa shape index (κ1) is 9.21. The normalized spacial score (nSPS) is 20.9. The number of rotatable bonds is 1. The Bertz CT molecular complexity index is 362. The molecule has 14 heavy (non-hydrogen) atoms. The van der Waals surface area contributed by atoms with Crippen LogP contribution in [0, 0.1) is 0 Å². The Labute approximate surface area is 83.5 Å². The summed E-state index contributed by atoms with van der Waals surface area (Å²) in [4.78, 5) is 13.3. The van der Waals surface area contributed by atoms with Crippen LogP contribution >= 0.6 is 0 Å². The number of fused-ring (bicyclic) bond motifs is 1. The van der Waals surface area contributed by atoms with Gasteiger partial charge in [0.15, 0.2) is 0 Å². The van der Waals surface area contributed by atoms with Crippen molar-refractivity contribution in [1.29, 1.82) is 0 Å². The first-order valence-electron chi connectivity index (χ1n) is 4.79. The van der Waals surface area contributed by atoms with Gasteiger partial charge < -0.3 is 10.6 Å². The van der Waals surface area contributed by atoms with Gasteiger partial charge in [-0.25, -0.2) is 0 Å². The van der Waals surface area contributed by atoms with Crippen molar-refractivity contribution in [3.8, 4) is 0 Å². The van der Waals surface area contributed by atoms with Crippen molar-refractivity contribution in [2.45, 2.75) is 12.3 Å². The lowest BCUT2D eigenvalue weighted by Gasteiger charge is -2.30. The monoisotopic (exact) mass is 190 g/mol. The lowest BCUT2D eigenvalue weighted by molar-refractivity contribution is -0.119. The summed E-state index contributed by atoms with van der Waals surface area (Å²) < 4.78 is 0. The average Bonchev–Trinajstić information content (AvgIpc) is 2.23. The molecule has 0 saturated carbocycles. The summed E-state index contributed by atoms with van der Waals surface area (Å²) in [6.07, 6.45) is 0.532. The lowest BCUT2D eigenvalue weighted by Crippen LogP contribution is -2.35. The van der Waals surface area contributed by atoms with Crippen LogP contribution in [0.1, 0.15) is 17.9 Å². The van der Waals surface area contributed by atoms with Crippen LogP contribution in [0.3, 0.4) is 0 Å². The molecule has 1 aromatic carbocycles. The predicted molar refractivity (Wildman–Crippen MR) is 56.3 cm³/mol. The highest BCUT2D eigenvalue weighted by atomic mass is 16.2. The summed E-state index contributed by atoms with van der Waals surface area (Å²) in [5.74, 6) is 0.342. The summed E-state index contributed by atoms with van der Waals surface area (Å²) >= 11 is 0. The maximum atomic E-state index is 11.6. The largest absolute Gasteiger partial charge is 0.330 e. The molecule has 3 heteroatoms. The Hall–Kier alpha value is -1.35. The lowest BCUT2D eigenvalue weighted by atomic mass is 9.90. The zero-order chi connectivity index (χ0) is 10.1. The summed E-state index contributed by atoms with van der Waals surface area (Å²) in [5, 5.41) is 0. The number of hydrogen-bond acceptors (Lipinski definition) is 2. The highest BCUT2D eigenvalue weighted by Crippen LogP contribution is 2.33. The molecule has 2 N–H and O–H groups in total. The maximum Gasteiger partial charge on any atom is 0.227 e. The van der Waals surface area contributed by atoms with Gasteiger partial charge in [-0.15, -0.1) is 0 Å². The number of amides is 1. The van der Waals surface area contributed by atoms with Crippen LogP contribution in [-0.4, -0.2) is 19.5 Å². The second-order valence-corrected chi connectivity index (χ2v) is 3.65. The van der Waals surface area contributed by atoms with Gasteiger partial charge in [0.2, 0.25) is 5.91 Å². The third-order valence-corrected chi connectivity index (χ3v) is 2.82. The van der Waals surface area contributed by atoms with Gasteiger partial charge in [-0.2, -0.15) is 0 Å². The Morgan fingerprint density at radius 1 is 1.50 bits per heavy atom. The maximum absolute atomic E-state index is 11.6. The third kappa shape index (κ3) is 1.30. The Balaban J connectivity index is 2.49. The molecule has 74 valence electrons. The Kier molecular flexibility index (Phi) is 2.25. The minimum absolute atomic E-state index is 0.152. The summed E-state index contributed by atoms with van der Waals surface area (Å²) in [6.45, 7) is 0.538. The number of para-hydroxylation sites is 1. The SMILES string of the molecule is CN1C(=O)CC(CN)c2ccccc21. The van der Waals surface area contributed by atoms with Crippen LogP contribution < -0.4 is 10.6 Å². The fourth-order valence-corrected chi connectivity index (χ4v) is 1.94. The summed E-state index contributed by atoms with van der Waals surface area (Å²) in [5.41, 5.74) is 7.85. The number of carbonyl (C=O) groups is 1. The van der Waals surface area contributed by atoms with E-state index in [2.05, 4.69) is 6.07 Å². The Morgan fingerprint density at radius 3 is 2.93 bits per heavy atom. The van der Waals surface area contributed by atoms with Crippen LogP contribution in [0.15, 0.2) is 24.3 Å². The first-order chi connectivity index (χ1) is 6.74. The zero-order valence-electron chi connectivity index (χ0n) is 8.23. The van der Waals surface area contributed by atoms with Crippen molar-refractivity contribution < 1.29 is 4.79 Å². The van der Waals surface area contributed by atoms with Crippen molar-refractivity contribution in [3.63, 3.8) is 0 Å². The van der Waals surface area contributed by atoms with E-state index >= 15 is 0 Å². The van der Waals surface area contributed by atoms with Gasteiger partial charge in [-0.05, 0) is 18.2 Å². The van der Waals surface area contributed by atoms with Crippen molar-refractivity contribution in [3.05, 3.63) is 29.8 Å². The van der Waals surface area contributed by atoms with E-state index < -0.39 is 0 Å². The van der Waals surface area contributed by atoms with E-state index in [9.17, 15) is 4.79 Å². The fourth-order valence-electron chi connectivity index (χ4n) is 1.94. The number of hydrogen-bond donors (Lipinski definition) is 1. The molecule has 0 aromatic heterocycles. The summed E-state index contributed by atoms with van der Waals surface area (Å²) in [6, 6.07) is 7.96. The highest BCUT2D eigenvalue weighted by molar-refractivity contribution is 5.96. The molecule has 0 bridgehead atoms. The minimum atomic E-state index is 0.152. The van der Waals surface area contributed by atoms with Crippen LogP contribution in [-0.2, 0) is 4.79 Å². The number of anilines is 1. The molecular weight excluding hydrogens is 176 g/mol. The van der Waals surface area contributed by atoms with Gasteiger partial charge in [0.05, 0.1) is 0 Å². The van der Waals surface area contributed by atoms with Gasteiger partial charge in [-0.3, -0.25) is 4.79 Å². The second kappa shape index (κ2) is 3.42. The number of benzene rings is 1. The van der Waals surface area contributed by atoms with E-state index in [-0.39, 0.29) is 11.8 Å². The topological polar surface area (TPSA) is 46.3 Å². The molecule has 1 unspecified atom stereocenters. The highest BCUT2D eigenvalue weighted by Gasteiger charge is 2.27. The first-order valence-corrected chi connectivity index (χ1v) is 4.79.